The molecule has 26 heavy (non-hydrogen) atoms. The summed E-state index contributed by atoms with van der Waals surface area (Å²) in [5.41, 5.74) is 0.512. The Kier molecular flexibility index (Phi) is 7.58. The predicted molar refractivity (Wildman–Crippen MR) is 106 cm³/mol. The van der Waals surface area contributed by atoms with Gasteiger partial charge >= 0.3 is 0 Å². The molecule has 0 fully saturated rings. The summed E-state index contributed by atoms with van der Waals surface area (Å²) in [6.45, 7) is 0.798. The van der Waals surface area contributed by atoms with Gasteiger partial charge in [0.25, 0.3) is 0 Å². The minimum absolute atomic E-state index is 0.0238. The largest absolute Gasteiger partial charge is 0.380 e. The zero-order chi connectivity index (χ0) is 19.0. The number of anilines is 1. The van der Waals surface area contributed by atoms with Crippen LogP contribution in [0.4, 0.5) is 11.4 Å². The molecule has 0 aliphatic rings. The minimum Gasteiger partial charge on any atom is -0.380 e. The van der Waals surface area contributed by atoms with Gasteiger partial charge in [0.05, 0.1) is 10.6 Å². The summed E-state index contributed by atoms with van der Waals surface area (Å²) in [5.74, 6) is 0.779. The summed E-state index contributed by atoms with van der Waals surface area (Å²) < 4.78 is 22.9. The van der Waals surface area contributed by atoms with Crippen molar-refractivity contribution in [3.8, 4) is 0 Å². The maximum absolute atomic E-state index is 11.4. The van der Waals surface area contributed by atoms with Gasteiger partial charge in [-0.15, -0.1) is 16.7 Å². The summed E-state index contributed by atoms with van der Waals surface area (Å²) in [6, 6.07) is 14.2. The van der Waals surface area contributed by atoms with E-state index in [1.165, 1.54) is 18.2 Å². The molecular weight excluding hydrogens is 372 g/mol. The van der Waals surface area contributed by atoms with E-state index in [4.69, 9.17) is 5.14 Å². The minimum atomic E-state index is -3.88. The van der Waals surface area contributed by atoms with E-state index < -0.39 is 10.0 Å². The topological polar surface area (TPSA) is 114 Å². The summed E-state index contributed by atoms with van der Waals surface area (Å²) in [6.07, 6.45) is 0.825. The van der Waals surface area contributed by atoms with Crippen molar-refractivity contribution < 1.29 is 8.42 Å². The summed E-state index contributed by atoms with van der Waals surface area (Å²) in [4.78, 5) is 12.2. The average molecular weight is 395 g/mol. The van der Waals surface area contributed by atoms with E-state index in [-0.39, 0.29) is 16.6 Å². The SMILES string of the molecule is CNCCC(CSc1ccccc1)Nc1ccc(S(N)(=O)=O)cc1N=O. The van der Waals surface area contributed by atoms with E-state index in [9.17, 15) is 13.3 Å². The van der Waals surface area contributed by atoms with Gasteiger partial charge in [0.15, 0.2) is 0 Å². The molecule has 0 aliphatic heterocycles. The van der Waals surface area contributed by atoms with Crippen molar-refractivity contribution in [1.82, 2.24) is 5.32 Å². The summed E-state index contributed by atoms with van der Waals surface area (Å²) >= 11 is 1.70. The summed E-state index contributed by atoms with van der Waals surface area (Å²) in [7, 11) is -2.01. The average Bonchev–Trinajstić information content (AvgIpc) is 2.64. The van der Waals surface area contributed by atoms with E-state index in [2.05, 4.69) is 15.8 Å². The Balaban J connectivity index is 2.15. The molecule has 0 heterocycles. The highest BCUT2D eigenvalue weighted by molar-refractivity contribution is 7.99. The molecule has 0 aromatic heterocycles. The Morgan fingerprint density at radius 1 is 1.19 bits per heavy atom. The van der Waals surface area contributed by atoms with Crippen LogP contribution in [0.15, 0.2) is 63.5 Å². The Hall–Kier alpha value is -1.94. The first-order chi connectivity index (χ1) is 12.4. The molecule has 1 atom stereocenters. The van der Waals surface area contributed by atoms with Gasteiger partial charge in [0.2, 0.25) is 10.0 Å². The van der Waals surface area contributed by atoms with Crippen molar-refractivity contribution in [2.24, 2.45) is 10.3 Å². The van der Waals surface area contributed by atoms with E-state index in [1.54, 1.807) is 11.8 Å². The third kappa shape index (κ3) is 6.10. The van der Waals surface area contributed by atoms with E-state index >= 15 is 0 Å². The molecule has 140 valence electrons. The lowest BCUT2D eigenvalue weighted by Gasteiger charge is -2.20. The molecule has 2 aromatic rings. The van der Waals surface area contributed by atoms with E-state index in [0.717, 1.165) is 23.6 Å². The number of benzene rings is 2. The van der Waals surface area contributed by atoms with Crippen LogP contribution in [0.2, 0.25) is 0 Å². The number of nitrogens with zero attached hydrogens (tertiary/aromatic N) is 1. The molecule has 0 saturated carbocycles. The van der Waals surface area contributed by atoms with E-state index in [0.29, 0.717) is 5.69 Å². The van der Waals surface area contributed by atoms with Gasteiger partial charge in [-0.2, -0.15) is 0 Å². The van der Waals surface area contributed by atoms with Gasteiger partial charge in [-0.3, -0.25) is 0 Å². The molecule has 9 heteroatoms. The van der Waals surface area contributed by atoms with Crippen LogP contribution in [0.5, 0.6) is 0 Å². The molecule has 0 bridgehead atoms. The highest BCUT2D eigenvalue weighted by Crippen LogP contribution is 2.29. The Morgan fingerprint density at radius 3 is 2.54 bits per heavy atom. The van der Waals surface area contributed by atoms with Crippen molar-refractivity contribution >= 4 is 33.2 Å². The Bertz CT molecular complexity index is 829. The number of hydrogen-bond acceptors (Lipinski definition) is 7. The molecule has 2 rings (SSSR count). The highest BCUT2D eigenvalue weighted by atomic mass is 32.2. The van der Waals surface area contributed by atoms with Crippen LogP contribution in [-0.2, 0) is 10.0 Å². The summed E-state index contributed by atoms with van der Waals surface area (Å²) in [5, 5.41) is 14.4. The third-order valence-corrected chi connectivity index (χ3v) is 5.78. The quantitative estimate of drug-likeness (QED) is 0.422. The van der Waals surface area contributed by atoms with Crippen molar-refractivity contribution in [2.45, 2.75) is 22.3 Å². The van der Waals surface area contributed by atoms with E-state index in [1.807, 2.05) is 37.4 Å². The lowest BCUT2D eigenvalue weighted by molar-refractivity contribution is 0.598. The van der Waals surface area contributed by atoms with Crippen LogP contribution in [0, 0.1) is 4.91 Å². The van der Waals surface area contributed by atoms with Crippen molar-refractivity contribution in [3.05, 3.63) is 53.4 Å². The second-order valence-electron chi connectivity index (χ2n) is 5.67. The molecule has 2 aromatic carbocycles. The first kappa shape index (κ1) is 20.4. The maximum Gasteiger partial charge on any atom is 0.238 e. The number of nitrogens with one attached hydrogen (secondary N) is 2. The molecule has 0 aliphatic carbocycles. The predicted octanol–water partition coefficient (Wildman–Crippen LogP) is 2.91. The van der Waals surface area contributed by atoms with Gasteiger partial charge in [-0.05, 0) is 55.5 Å². The van der Waals surface area contributed by atoms with Gasteiger partial charge in [0, 0.05) is 16.7 Å². The number of nitrogens with two attached hydrogens (primary N) is 1. The molecule has 0 saturated heterocycles. The fraction of sp³-hybridized carbons (Fsp3) is 0.294. The zero-order valence-corrected chi connectivity index (χ0v) is 16.0. The van der Waals surface area contributed by atoms with Crippen LogP contribution in [0.1, 0.15) is 6.42 Å². The molecule has 0 spiro atoms. The third-order valence-electron chi connectivity index (χ3n) is 3.69. The molecule has 1 unspecified atom stereocenters. The number of rotatable bonds is 10. The van der Waals surface area contributed by atoms with Crippen LogP contribution < -0.4 is 15.8 Å². The lowest BCUT2D eigenvalue weighted by Crippen LogP contribution is -2.27. The number of thioether (sulfide) groups is 1. The Morgan fingerprint density at radius 2 is 1.92 bits per heavy atom. The monoisotopic (exact) mass is 394 g/mol. The maximum atomic E-state index is 11.4. The molecule has 7 nitrogen and oxygen atoms in total. The van der Waals surface area contributed by atoms with Gasteiger partial charge < -0.3 is 10.6 Å². The normalized spacial score (nSPS) is 12.5. The number of sulfonamides is 1. The Labute approximate surface area is 157 Å². The first-order valence-electron chi connectivity index (χ1n) is 8.03. The van der Waals surface area contributed by atoms with Gasteiger partial charge in [-0.25, -0.2) is 13.6 Å². The highest BCUT2D eigenvalue weighted by Gasteiger charge is 2.15. The standard InChI is InChI=1S/C17H22N4O3S2/c1-19-10-9-13(12-25-14-5-3-2-4-6-14)20-16-8-7-15(26(18,23)24)11-17(16)21-22/h2-8,11,13,19-20H,9-10,12H2,1H3,(H2,18,23,24). The molecule has 4 N–H and O–H groups in total. The van der Waals surface area contributed by atoms with Gasteiger partial charge in [-0.1, -0.05) is 18.2 Å². The van der Waals surface area contributed by atoms with Crippen LogP contribution >= 0.6 is 11.8 Å². The zero-order valence-electron chi connectivity index (χ0n) is 14.4. The van der Waals surface area contributed by atoms with Crippen molar-refractivity contribution in [1.29, 1.82) is 0 Å². The number of primary sulfonamides is 1. The molecule has 0 amide bonds. The van der Waals surface area contributed by atoms with Crippen molar-refractivity contribution in [3.63, 3.8) is 0 Å². The van der Waals surface area contributed by atoms with Crippen molar-refractivity contribution in [2.75, 3.05) is 24.7 Å². The second kappa shape index (κ2) is 9.67. The van der Waals surface area contributed by atoms with Crippen LogP contribution in [-0.4, -0.2) is 33.8 Å². The fourth-order valence-corrected chi connectivity index (χ4v) is 3.86. The van der Waals surface area contributed by atoms with Crippen LogP contribution in [0.3, 0.4) is 0 Å². The van der Waals surface area contributed by atoms with Gasteiger partial charge in [0.1, 0.15) is 5.69 Å². The lowest BCUT2D eigenvalue weighted by atomic mass is 10.2. The molecule has 0 radical (unpaired) electrons. The molecular formula is C17H22N4O3S2. The fourth-order valence-electron chi connectivity index (χ4n) is 2.34. The second-order valence-corrected chi connectivity index (χ2v) is 8.33. The first-order valence-corrected chi connectivity index (χ1v) is 10.6. The smallest absolute Gasteiger partial charge is 0.238 e. The number of nitroso groups, excluding NO2 is 1. The van der Waals surface area contributed by atoms with Crippen LogP contribution in [0.25, 0.3) is 0 Å². The number of hydrogen-bond donors (Lipinski definition) is 3.